The Morgan fingerprint density at radius 3 is 1.59 bits per heavy atom. The van der Waals surface area contributed by atoms with Crippen LogP contribution in [0.2, 0.25) is 0 Å². The van der Waals surface area contributed by atoms with Gasteiger partial charge in [0.05, 0.1) is 5.54 Å². The summed E-state index contributed by atoms with van der Waals surface area (Å²) in [5.74, 6) is 5.86. The van der Waals surface area contributed by atoms with E-state index in [-0.39, 0.29) is 11.1 Å². The zero-order valence-electron chi connectivity index (χ0n) is 12.9. The van der Waals surface area contributed by atoms with Crippen molar-refractivity contribution in [2.24, 2.45) is 0 Å². The van der Waals surface area contributed by atoms with Gasteiger partial charge in [0.25, 0.3) is 6.47 Å². The van der Waals surface area contributed by atoms with Crippen molar-refractivity contribution in [3.63, 3.8) is 0 Å². The summed E-state index contributed by atoms with van der Waals surface area (Å²) in [6.07, 6.45) is 0. The molecule has 1 N–H and O–H groups in total. The van der Waals surface area contributed by atoms with Crippen molar-refractivity contribution in [2.45, 2.75) is 66.5 Å². The van der Waals surface area contributed by atoms with Gasteiger partial charge in [-0.1, -0.05) is 19.8 Å². The SMILES string of the molecule is CC.CC#CC(C)(C)NC.CC(C)(C)OC=O. The Bertz CT molecular complexity index is 229. The summed E-state index contributed by atoms with van der Waals surface area (Å²) >= 11 is 0. The molecule has 0 atom stereocenters. The van der Waals surface area contributed by atoms with Crippen molar-refractivity contribution in [1.82, 2.24) is 5.32 Å². The average molecular weight is 243 g/mol. The minimum Gasteiger partial charge on any atom is -0.462 e. The van der Waals surface area contributed by atoms with E-state index in [9.17, 15) is 4.79 Å². The Labute approximate surface area is 107 Å². The van der Waals surface area contributed by atoms with Crippen LogP contribution in [-0.4, -0.2) is 24.7 Å². The van der Waals surface area contributed by atoms with Gasteiger partial charge in [0.15, 0.2) is 0 Å². The van der Waals surface area contributed by atoms with Crippen molar-refractivity contribution in [3.8, 4) is 11.8 Å². The van der Waals surface area contributed by atoms with E-state index in [2.05, 4.69) is 21.9 Å². The van der Waals surface area contributed by atoms with E-state index in [1.165, 1.54) is 0 Å². The zero-order chi connectivity index (χ0) is 14.5. The molecule has 0 aliphatic rings. The van der Waals surface area contributed by atoms with Gasteiger partial charge < -0.3 is 10.1 Å². The molecular formula is C14H29NO2. The molecule has 102 valence electrons. The number of rotatable bonds is 2. The maximum absolute atomic E-state index is 9.60. The first kappa shape index (κ1) is 21.3. The summed E-state index contributed by atoms with van der Waals surface area (Å²) in [4.78, 5) is 9.60. The molecule has 3 nitrogen and oxygen atoms in total. The van der Waals surface area contributed by atoms with Gasteiger partial charge in [-0.25, -0.2) is 0 Å². The van der Waals surface area contributed by atoms with E-state index < -0.39 is 0 Å². The van der Waals surface area contributed by atoms with Crippen LogP contribution in [0.25, 0.3) is 0 Å². The molecule has 0 unspecified atom stereocenters. The first-order valence-electron chi connectivity index (χ1n) is 5.93. The normalized spacial score (nSPS) is 9.47. The third-order valence-electron chi connectivity index (χ3n) is 1.46. The Kier molecular flexibility index (Phi) is 14.4. The molecule has 0 saturated carbocycles. The van der Waals surface area contributed by atoms with E-state index in [0.29, 0.717) is 6.47 Å². The molecule has 0 aromatic carbocycles. The largest absolute Gasteiger partial charge is 0.462 e. The highest BCUT2D eigenvalue weighted by molar-refractivity contribution is 5.37. The van der Waals surface area contributed by atoms with Gasteiger partial charge in [0.1, 0.15) is 5.60 Å². The molecule has 0 aliphatic heterocycles. The molecule has 0 fully saturated rings. The lowest BCUT2D eigenvalue weighted by Crippen LogP contribution is -2.34. The molecule has 0 aliphatic carbocycles. The maximum atomic E-state index is 9.60. The van der Waals surface area contributed by atoms with Gasteiger partial charge in [-0.05, 0) is 48.6 Å². The molecule has 0 aromatic rings. The second kappa shape index (κ2) is 11.5. The molecule has 0 radical (unpaired) electrons. The first-order valence-corrected chi connectivity index (χ1v) is 5.93. The van der Waals surface area contributed by atoms with E-state index in [1.54, 1.807) is 0 Å². The molecule has 17 heavy (non-hydrogen) atoms. The van der Waals surface area contributed by atoms with E-state index in [4.69, 9.17) is 0 Å². The molecule has 0 spiro atoms. The third kappa shape index (κ3) is 25.3. The lowest BCUT2D eigenvalue weighted by Gasteiger charge is -2.14. The highest BCUT2D eigenvalue weighted by atomic mass is 16.5. The lowest BCUT2D eigenvalue weighted by atomic mass is 10.1. The van der Waals surface area contributed by atoms with Gasteiger partial charge in [-0.15, -0.1) is 5.92 Å². The van der Waals surface area contributed by atoms with Gasteiger partial charge >= 0.3 is 0 Å². The fourth-order valence-corrected chi connectivity index (χ4v) is 0.519. The highest BCUT2D eigenvalue weighted by Crippen LogP contribution is 2.02. The highest BCUT2D eigenvalue weighted by Gasteiger charge is 2.08. The first-order chi connectivity index (χ1) is 7.68. The molecule has 0 saturated heterocycles. The van der Waals surface area contributed by atoms with Crippen LogP contribution in [0, 0.1) is 11.8 Å². The fourth-order valence-electron chi connectivity index (χ4n) is 0.519. The van der Waals surface area contributed by atoms with Crippen LogP contribution < -0.4 is 5.32 Å². The standard InChI is InChI=1S/C7H13N.C5H10O2.C2H6/c1-5-6-7(2,3)8-4;1-5(2,3)7-4-6;1-2/h8H,1-4H3;4H,1-3H3;1-2H3. The second-order valence-electron chi connectivity index (χ2n) is 4.58. The molecule has 0 amide bonds. The van der Waals surface area contributed by atoms with Crippen LogP contribution in [0.3, 0.4) is 0 Å². The van der Waals surface area contributed by atoms with Crippen LogP contribution in [0.5, 0.6) is 0 Å². The zero-order valence-corrected chi connectivity index (χ0v) is 12.9. The van der Waals surface area contributed by atoms with Gasteiger partial charge in [-0.3, -0.25) is 4.79 Å². The molecule has 0 rings (SSSR count). The van der Waals surface area contributed by atoms with Crippen molar-refractivity contribution in [2.75, 3.05) is 7.05 Å². The smallest absolute Gasteiger partial charge is 0.293 e. The van der Waals surface area contributed by atoms with Crippen molar-refractivity contribution >= 4 is 6.47 Å². The predicted octanol–water partition coefficient (Wildman–Crippen LogP) is 2.99. The van der Waals surface area contributed by atoms with Crippen LogP contribution in [0.15, 0.2) is 0 Å². The van der Waals surface area contributed by atoms with Crippen LogP contribution in [0.4, 0.5) is 0 Å². The van der Waals surface area contributed by atoms with Crippen LogP contribution in [-0.2, 0) is 9.53 Å². The Balaban J connectivity index is -0.000000202. The number of hydrogen-bond acceptors (Lipinski definition) is 3. The summed E-state index contributed by atoms with van der Waals surface area (Å²) in [5.41, 5.74) is -0.337. The summed E-state index contributed by atoms with van der Waals surface area (Å²) in [6, 6.07) is 0. The molecule has 3 heteroatoms. The predicted molar refractivity (Wildman–Crippen MR) is 74.8 cm³/mol. The average Bonchev–Trinajstić information content (AvgIpc) is 2.20. The third-order valence-corrected chi connectivity index (χ3v) is 1.46. The number of nitrogens with one attached hydrogen (secondary N) is 1. The quantitative estimate of drug-likeness (QED) is 0.598. The van der Waals surface area contributed by atoms with Gasteiger partial charge in [-0.2, -0.15) is 0 Å². The number of carbonyl (C=O) groups excluding carboxylic acids is 1. The molecule has 0 bridgehead atoms. The van der Waals surface area contributed by atoms with Crippen molar-refractivity contribution < 1.29 is 9.53 Å². The summed E-state index contributed by atoms with van der Waals surface area (Å²) in [7, 11) is 1.91. The summed E-state index contributed by atoms with van der Waals surface area (Å²) in [6.45, 7) is 15.9. The van der Waals surface area contributed by atoms with Gasteiger partial charge in [0.2, 0.25) is 0 Å². The minimum absolute atomic E-state index is 0.0191. The Hall–Kier alpha value is -1.01. The van der Waals surface area contributed by atoms with E-state index in [0.717, 1.165) is 0 Å². The van der Waals surface area contributed by atoms with Crippen LogP contribution in [0.1, 0.15) is 55.4 Å². The second-order valence-corrected chi connectivity index (χ2v) is 4.58. The molecule has 0 heterocycles. The molecule has 0 aromatic heterocycles. The fraction of sp³-hybridized carbons (Fsp3) is 0.786. The monoisotopic (exact) mass is 243 g/mol. The summed E-state index contributed by atoms with van der Waals surface area (Å²) < 4.78 is 4.55. The topological polar surface area (TPSA) is 38.3 Å². The number of hydrogen-bond donors (Lipinski definition) is 1. The number of carbonyl (C=O) groups is 1. The Morgan fingerprint density at radius 1 is 1.12 bits per heavy atom. The lowest BCUT2D eigenvalue weighted by molar-refractivity contribution is -0.138. The van der Waals surface area contributed by atoms with E-state index in [1.807, 2.05) is 62.4 Å². The van der Waals surface area contributed by atoms with Crippen molar-refractivity contribution in [3.05, 3.63) is 0 Å². The maximum Gasteiger partial charge on any atom is 0.293 e. The van der Waals surface area contributed by atoms with Gasteiger partial charge in [0, 0.05) is 0 Å². The van der Waals surface area contributed by atoms with Crippen molar-refractivity contribution in [1.29, 1.82) is 0 Å². The van der Waals surface area contributed by atoms with Crippen LogP contribution >= 0.6 is 0 Å². The molecular weight excluding hydrogens is 214 g/mol. The van der Waals surface area contributed by atoms with E-state index >= 15 is 0 Å². The summed E-state index contributed by atoms with van der Waals surface area (Å²) in [5, 5.41) is 3.07. The minimum atomic E-state index is -0.318. The Morgan fingerprint density at radius 2 is 1.53 bits per heavy atom. The number of ether oxygens (including phenoxy) is 1.